The van der Waals surface area contributed by atoms with Gasteiger partial charge >= 0.3 is 5.97 Å². The summed E-state index contributed by atoms with van der Waals surface area (Å²) >= 11 is 0. The van der Waals surface area contributed by atoms with Crippen LogP contribution in [-0.2, 0) is 27.5 Å². The number of aryl methyl sites for hydroxylation is 1. The zero-order valence-electron chi connectivity index (χ0n) is 21.3. The first-order chi connectivity index (χ1) is 18.4. The van der Waals surface area contributed by atoms with E-state index < -0.39 is 11.9 Å². The molecule has 0 unspecified atom stereocenters. The first-order valence-corrected chi connectivity index (χ1v) is 12.0. The molecule has 1 aromatic heterocycles. The molecule has 0 saturated heterocycles. The summed E-state index contributed by atoms with van der Waals surface area (Å²) in [4.78, 5) is 36.5. The van der Waals surface area contributed by atoms with Gasteiger partial charge in [0.05, 0.1) is 25.5 Å². The maximum Gasteiger partial charge on any atom is 0.308 e. The minimum Gasteiger partial charge on any atom is -0.493 e. The number of rotatable bonds is 13. The van der Waals surface area contributed by atoms with Crippen LogP contribution in [0.4, 0.5) is 11.8 Å². The van der Waals surface area contributed by atoms with Gasteiger partial charge < -0.3 is 25.7 Å². The Bertz CT molecular complexity index is 1260. The van der Waals surface area contributed by atoms with Crippen molar-refractivity contribution in [2.75, 3.05) is 24.7 Å². The van der Waals surface area contributed by atoms with Crippen molar-refractivity contribution in [3.63, 3.8) is 0 Å². The number of hydrogen-bond donors (Lipinski definition) is 3. The molecule has 0 aliphatic carbocycles. The summed E-state index contributed by atoms with van der Waals surface area (Å²) in [5.41, 5.74) is 16.1. The summed E-state index contributed by atoms with van der Waals surface area (Å²) in [6.07, 6.45) is 4.19. The number of nitrogens with two attached hydrogens (primary N) is 2. The van der Waals surface area contributed by atoms with E-state index in [2.05, 4.69) is 15.4 Å². The lowest BCUT2D eigenvalue weighted by molar-refractivity contribution is -0.132. The summed E-state index contributed by atoms with van der Waals surface area (Å²) < 4.78 is 16.6. The van der Waals surface area contributed by atoms with Gasteiger partial charge in [0, 0.05) is 25.0 Å². The number of para-hydroxylation sites is 1. The van der Waals surface area contributed by atoms with Gasteiger partial charge in [0.15, 0.2) is 11.6 Å². The van der Waals surface area contributed by atoms with Crippen LogP contribution in [0, 0.1) is 0 Å². The van der Waals surface area contributed by atoms with E-state index in [1.54, 1.807) is 30.3 Å². The highest BCUT2D eigenvalue weighted by Gasteiger charge is 2.11. The number of esters is 1. The molecule has 11 heteroatoms. The number of nitrogens with one attached hydrogen (secondary N) is 1. The molecule has 0 aliphatic heterocycles. The predicted molar refractivity (Wildman–Crippen MR) is 142 cm³/mol. The smallest absolute Gasteiger partial charge is 0.308 e. The minimum absolute atomic E-state index is 0.118. The van der Waals surface area contributed by atoms with E-state index in [1.165, 1.54) is 13.0 Å². The Morgan fingerprint density at radius 2 is 1.74 bits per heavy atom. The lowest BCUT2D eigenvalue weighted by Gasteiger charge is -2.13. The van der Waals surface area contributed by atoms with Crippen molar-refractivity contribution in [2.24, 2.45) is 0 Å². The number of ether oxygens (including phenoxy) is 3. The van der Waals surface area contributed by atoms with Gasteiger partial charge in [-0.25, -0.2) is 10.5 Å². The SMILES string of the molecule is CCc1nc(N)nc(N)c1OCCCOc1ccccc1/C=C/C(=O)NOCc1ccc(OC(C)=O)cc1. The van der Waals surface area contributed by atoms with E-state index in [9.17, 15) is 9.59 Å². The zero-order chi connectivity index (χ0) is 27.3. The first-order valence-electron chi connectivity index (χ1n) is 12.0. The Morgan fingerprint density at radius 3 is 2.47 bits per heavy atom. The van der Waals surface area contributed by atoms with Gasteiger partial charge in [-0.3, -0.25) is 14.4 Å². The zero-order valence-corrected chi connectivity index (χ0v) is 21.3. The molecular weight excluding hydrogens is 490 g/mol. The van der Waals surface area contributed by atoms with Gasteiger partial charge in [-0.1, -0.05) is 37.3 Å². The van der Waals surface area contributed by atoms with Gasteiger partial charge in [-0.2, -0.15) is 4.98 Å². The fourth-order valence-electron chi connectivity index (χ4n) is 3.31. The maximum atomic E-state index is 12.2. The van der Waals surface area contributed by atoms with Gasteiger partial charge in [0.2, 0.25) is 5.95 Å². The third-order valence-electron chi connectivity index (χ3n) is 5.04. The Labute approximate surface area is 220 Å². The van der Waals surface area contributed by atoms with Crippen LogP contribution in [0.3, 0.4) is 0 Å². The van der Waals surface area contributed by atoms with Crippen LogP contribution >= 0.6 is 0 Å². The Hall–Kier alpha value is -4.64. The number of hydrogen-bond acceptors (Lipinski definition) is 10. The van der Waals surface area contributed by atoms with Crippen LogP contribution in [0.1, 0.15) is 37.1 Å². The highest BCUT2D eigenvalue weighted by atomic mass is 16.6. The average Bonchev–Trinajstić information content (AvgIpc) is 2.89. The molecule has 0 radical (unpaired) electrons. The molecule has 0 atom stereocenters. The van der Waals surface area contributed by atoms with Crippen molar-refractivity contribution >= 4 is 29.7 Å². The largest absolute Gasteiger partial charge is 0.493 e. The molecule has 3 rings (SSSR count). The number of carbonyl (C=O) groups excluding carboxylic acids is 2. The molecule has 1 heterocycles. The summed E-state index contributed by atoms with van der Waals surface area (Å²) in [5, 5.41) is 0. The van der Waals surface area contributed by atoms with E-state index in [0.717, 1.165) is 11.1 Å². The van der Waals surface area contributed by atoms with Crippen molar-refractivity contribution in [1.29, 1.82) is 0 Å². The number of hydroxylamine groups is 1. The molecule has 2 aromatic carbocycles. The average molecular weight is 522 g/mol. The van der Waals surface area contributed by atoms with E-state index in [0.29, 0.717) is 49.0 Å². The molecule has 11 nitrogen and oxygen atoms in total. The monoisotopic (exact) mass is 521 g/mol. The number of carbonyl (C=O) groups is 2. The fraction of sp³-hybridized carbons (Fsp3) is 0.259. The number of nitrogen functional groups attached to an aromatic ring is 2. The van der Waals surface area contributed by atoms with Crippen LogP contribution < -0.4 is 31.2 Å². The molecule has 0 spiro atoms. The van der Waals surface area contributed by atoms with E-state index in [4.69, 9.17) is 30.5 Å². The molecular formula is C27H31N5O6. The molecule has 0 saturated carbocycles. The molecule has 3 aromatic rings. The normalized spacial score (nSPS) is 10.8. The minimum atomic E-state index is -0.431. The third-order valence-corrected chi connectivity index (χ3v) is 5.04. The predicted octanol–water partition coefficient (Wildman–Crippen LogP) is 3.24. The lowest BCUT2D eigenvalue weighted by Crippen LogP contribution is -2.21. The standard InChI is InChI=1S/C27H31N5O6/c1-3-22-25(26(28)31-27(29)30-22)36-16-6-15-35-23-8-5-4-7-20(23)11-14-24(34)32-37-17-19-9-12-21(13-10-19)38-18(2)33/h4-5,7-14H,3,6,15-17H2,1-2H3,(H,32,34)(H4,28,29,30,31)/b14-11+. The summed E-state index contributed by atoms with van der Waals surface area (Å²) in [7, 11) is 0. The van der Waals surface area contributed by atoms with Gasteiger partial charge in [0.25, 0.3) is 5.91 Å². The second-order valence-electron chi connectivity index (χ2n) is 8.01. The molecule has 0 fully saturated rings. The summed E-state index contributed by atoms with van der Waals surface area (Å²) in [5.74, 6) is 1.01. The van der Waals surface area contributed by atoms with Crippen LogP contribution in [0.2, 0.25) is 0 Å². The Balaban J connectivity index is 1.43. The maximum absolute atomic E-state index is 12.2. The highest BCUT2D eigenvalue weighted by molar-refractivity contribution is 5.91. The number of nitrogens with zero attached hydrogens (tertiary/aromatic N) is 2. The number of aromatic nitrogens is 2. The van der Waals surface area contributed by atoms with Gasteiger partial charge in [0.1, 0.15) is 11.5 Å². The quantitative estimate of drug-likeness (QED) is 0.100. The number of benzene rings is 2. The van der Waals surface area contributed by atoms with Crippen molar-refractivity contribution in [2.45, 2.75) is 33.3 Å². The Morgan fingerprint density at radius 1 is 1.00 bits per heavy atom. The fourth-order valence-corrected chi connectivity index (χ4v) is 3.31. The second-order valence-corrected chi connectivity index (χ2v) is 8.01. The summed E-state index contributed by atoms with van der Waals surface area (Å²) in [6, 6.07) is 14.1. The second kappa shape index (κ2) is 14.2. The molecule has 0 aliphatic rings. The highest BCUT2D eigenvalue weighted by Crippen LogP contribution is 2.25. The van der Waals surface area contributed by atoms with Gasteiger partial charge in [-0.05, 0) is 36.3 Å². The lowest BCUT2D eigenvalue weighted by atomic mass is 10.2. The van der Waals surface area contributed by atoms with E-state index in [1.807, 2.05) is 31.2 Å². The number of amides is 1. The Kier molecular flexibility index (Phi) is 10.4. The van der Waals surface area contributed by atoms with E-state index in [-0.39, 0.29) is 18.4 Å². The molecule has 1 amide bonds. The van der Waals surface area contributed by atoms with Crippen LogP contribution in [0.5, 0.6) is 17.2 Å². The van der Waals surface area contributed by atoms with Gasteiger partial charge in [-0.15, -0.1) is 0 Å². The van der Waals surface area contributed by atoms with Crippen molar-refractivity contribution in [1.82, 2.24) is 15.4 Å². The van der Waals surface area contributed by atoms with Crippen LogP contribution in [-0.4, -0.2) is 35.1 Å². The molecule has 38 heavy (non-hydrogen) atoms. The van der Waals surface area contributed by atoms with Crippen LogP contribution in [0.25, 0.3) is 6.08 Å². The van der Waals surface area contributed by atoms with Crippen LogP contribution in [0.15, 0.2) is 54.6 Å². The van der Waals surface area contributed by atoms with E-state index >= 15 is 0 Å². The van der Waals surface area contributed by atoms with Crippen molar-refractivity contribution in [3.05, 3.63) is 71.4 Å². The van der Waals surface area contributed by atoms with Crippen molar-refractivity contribution in [3.8, 4) is 17.2 Å². The molecule has 5 N–H and O–H groups in total. The summed E-state index contributed by atoms with van der Waals surface area (Å²) in [6.45, 7) is 4.15. The molecule has 0 bridgehead atoms. The number of anilines is 2. The van der Waals surface area contributed by atoms with Crippen molar-refractivity contribution < 1.29 is 28.6 Å². The third kappa shape index (κ3) is 8.79. The first kappa shape index (κ1) is 27.9. The molecule has 200 valence electrons. The topological polar surface area (TPSA) is 161 Å².